The molecular weight excluding hydrogens is 202 g/mol. The van der Waals surface area contributed by atoms with Crippen molar-refractivity contribution in [3.63, 3.8) is 0 Å². The van der Waals surface area contributed by atoms with Crippen LogP contribution in [0.15, 0.2) is 17.0 Å². The highest BCUT2D eigenvalue weighted by Crippen LogP contribution is 2.25. The molecule has 5 N–H and O–H groups in total. The average Bonchev–Trinajstić information content (AvgIpc) is 2.06. The van der Waals surface area contributed by atoms with E-state index in [2.05, 4.69) is 5.32 Å². The molecule has 0 aromatic heterocycles. The quantitative estimate of drug-likeness (QED) is 0.616. The number of hydrogen-bond acceptors (Lipinski definition) is 4. The van der Waals surface area contributed by atoms with E-state index >= 15 is 0 Å². The molecule has 0 aliphatic rings. The van der Waals surface area contributed by atoms with Gasteiger partial charge in [-0.25, -0.2) is 13.6 Å². The molecule has 0 aliphatic carbocycles. The Kier molecular flexibility index (Phi) is 2.68. The summed E-state index contributed by atoms with van der Waals surface area (Å²) in [5.41, 5.74) is 7.14. The number of primary sulfonamides is 1. The predicted octanol–water partition coefficient (Wildman–Crippen LogP) is 0.266. The number of anilines is 2. The molecule has 0 heterocycles. The number of nitrogen functional groups attached to an aromatic ring is 1. The Labute approximate surface area is 83.2 Å². The van der Waals surface area contributed by atoms with E-state index in [1.165, 1.54) is 6.07 Å². The number of sulfonamides is 1. The molecule has 0 unspecified atom stereocenters. The molecule has 1 aromatic rings. The molecule has 0 amide bonds. The Morgan fingerprint density at radius 1 is 1.36 bits per heavy atom. The normalized spacial score (nSPS) is 11.4. The molecule has 0 saturated carbocycles. The van der Waals surface area contributed by atoms with E-state index in [0.29, 0.717) is 16.9 Å². The molecule has 0 saturated heterocycles. The molecule has 6 heteroatoms. The van der Waals surface area contributed by atoms with Gasteiger partial charge in [0.15, 0.2) is 0 Å². The van der Waals surface area contributed by atoms with Crippen LogP contribution in [-0.4, -0.2) is 15.5 Å². The first-order valence-electron chi connectivity index (χ1n) is 3.97. The topological polar surface area (TPSA) is 98.2 Å². The van der Waals surface area contributed by atoms with Crippen LogP contribution in [-0.2, 0) is 10.0 Å². The molecule has 1 aromatic carbocycles. The molecule has 0 fully saturated rings. The number of nitrogens with two attached hydrogens (primary N) is 2. The Hall–Kier alpha value is -1.27. The van der Waals surface area contributed by atoms with E-state index in [1.54, 1.807) is 20.0 Å². The summed E-state index contributed by atoms with van der Waals surface area (Å²) < 4.78 is 22.3. The van der Waals surface area contributed by atoms with Crippen molar-refractivity contribution in [1.82, 2.24) is 0 Å². The molecule has 0 aliphatic heterocycles. The summed E-state index contributed by atoms with van der Waals surface area (Å²) in [5, 5.41) is 7.89. The van der Waals surface area contributed by atoms with Crippen molar-refractivity contribution in [2.45, 2.75) is 11.8 Å². The standard InChI is InChI=1S/C8H13N3O2S/c1-5-7(11-2)3-6(9)4-8(5)14(10,12)13/h3-4,11H,9H2,1-2H3,(H2,10,12,13). The fourth-order valence-corrected chi connectivity index (χ4v) is 2.10. The lowest BCUT2D eigenvalue weighted by Gasteiger charge is -2.10. The van der Waals surface area contributed by atoms with Gasteiger partial charge in [-0.3, -0.25) is 0 Å². The minimum Gasteiger partial charge on any atom is -0.399 e. The van der Waals surface area contributed by atoms with Crippen molar-refractivity contribution < 1.29 is 8.42 Å². The van der Waals surface area contributed by atoms with Crippen LogP contribution >= 0.6 is 0 Å². The van der Waals surface area contributed by atoms with Gasteiger partial charge in [0.1, 0.15) is 0 Å². The monoisotopic (exact) mass is 215 g/mol. The van der Waals surface area contributed by atoms with E-state index < -0.39 is 10.0 Å². The highest BCUT2D eigenvalue weighted by molar-refractivity contribution is 7.89. The lowest BCUT2D eigenvalue weighted by Crippen LogP contribution is -2.15. The maximum absolute atomic E-state index is 11.2. The van der Waals surface area contributed by atoms with Crippen molar-refractivity contribution in [2.24, 2.45) is 5.14 Å². The van der Waals surface area contributed by atoms with Gasteiger partial charge < -0.3 is 11.1 Å². The smallest absolute Gasteiger partial charge is 0.238 e. The zero-order chi connectivity index (χ0) is 10.9. The van der Waals surface area contributed by atoms with Crippen molar-refractivity contribution in [3.05, 3.63) is 17.7 Å². The van der Waals surface area contributed by atoms with Crippen LogP contribution in [0.1, 0.15) is 5.56 Å². The molecular formula is C8H13N3O2S. The van der Waals surface area contributed by atoms with Crippen molar-refractivity contribution in [1.29, 1.82) is 0 Å². The van der Waals surface area contributed by atoms with E-state index in [-0.39, 0.29) is 4.90 Å². The number of benzene rings is 1. The Morgan fingerprint density at radius 2 is 1.93 bits per heavy atom. The molecule has 78 valence electrons. The van der Waals surface area contributed by atoms with Gasteiger partial charge in [-0.2, -0.15) is 0 Å². The van der Waals surface area contributed by atoms with Crippen molar-refractivity contribution in [3.8, 4) is 0 Å². The first-order valence-corrected chi connectivity index (χ1v) is 5.51. The SMILES string of the molecule is CNc1cc(N)cc(S(N)(=O)=O)c1C. The molecule has 0 radical (unpaired) electrons. The molecule has 1 rings (SSSR count). The highest BCUT2D eigenvalue weighted by Gasteiger charge is 2.14. The molecule has 14 heavy (non-hydrogen) atoms. The van der Waals surface area contributed by atoms with Gasteiger partial charge in [-0.05, 0) is 24.6 Å². The van der Waals surface area contributed by atoms with Gasteiger partial charge in [0.25, 0.3) is 0 Å². The third-order valence-corrected chi connectivity index (χ3v) is 3.00. The van der Waals surface area contributed by atoms with Gasteiger partial charge >= 0.3 is 0 Å². The van der Waals surface area contributed by atoms with Crippen LogP contribution < -0.4 is 16.2 Å². The molecule has 5 nitrogen and oxygen atoms in total. The van der Waals surface area contributed by atoms with Crippen LogP contribution in [0.3, 0.4) is 0 Å². The van der Waals surface area contributed by atoms with E-state index in [4.69, 9.17) is 10.9 Å². The van der Waals surface area contributed by atoms with Crippen molar-refractivity contribution >= 4 is 21.4 Å². The number of rotatable bonds is 2. The highest BCUT2D eigenvalue weighted by atomic mass is 32.2. The zero-order valence-corrected chi connectivity index (χ0v) is 8.85. The summed E-state index contributed by atoms with van der Waals surface area (Å²) in [7, 11) is -2.02. The fourth-order valence-electron chi connectivity index (χ4n) is 1.26. The summed E-state index contributed by atoms with van der Waals surface area (Å²) in [4.78, 5) is 0.0573. The van der Waals surface area contributed by atoms with Crippen LogP contribution in [0.25, 0.3) is 0 Å². The van der Waals surface area contributed by atoms with Gasteiger partial charge in [-0.15, -0.1) is 0 Å². The third kappa shape index (κ3) is 1.97. The predicted molar refractivity (Wildman–Crippen MR) is 56.5 cm³/mol. The van der Waals surface area contributed by atoms with E-state index in [0.717, 1.165) is 0 Å². The number of hydrogen-bond donors (Lipinski definition) is 3. The summed E-state index contributed by atoms with van der Waals surface area (Å²) >= 11 is 0. The third-order valence-electron chi connectivity index (χ3n) is 1.96. The second-order valence-electron chi connectivity index (χ2n) is 2.99. The summed E-state index contributed by atoms with van der Waals surface area (Å²) in [6.45, 7) is 1.67. The Balaban J connectivity index is 3.53. The molecule has 0 atom stereocenters. The van der Waals surface area contributed by atoms with Gasteiger partial charge in [-0.1, -0.05) is 0 Å². The van der Waals surface area contributed by atoms with Crippen LogP contribution in [0.5, 0.6) is 0 Å². The maximum Gasteiger partial charge on any atom is 0.238 e. The summed E-state index contributed by atoms with van der Waals surface area (Å²) in [6.07, 6.45) is 0. The van der Waals surface area contributed by atoms with Gasteiger partial charge in [0.05, 0.1) is 4.90 Å². The second-order valence-corrected chi connectivity index (χ2v) is 4.52. The van der Waals surface area contributed by atoms with Crippen LogP contribution in [0.4, 0.5) is 11.4 Å². The largest absolute Gasteiger partial charge is 0.399 e. The van der Waals surface area contributed by atoms with Crippen LogP contribution in [0.2, 0.25) is 0 Å². The minimum atomic E-state index is -3.71. The minimum absolute atomic E-state index is 0.0573. The first-order chi connectivity index (χ1) is 6.36. The van der Waals surface area contributed by atoms with Crippen LogP contribution in [0, 0.1) is 6.92 Å². The summed E-state index contributed by atoms with van der Waals surface area (Å²) in [5.74, 6) is 0. The fraction of sp³-hybridized carbons (Fsp3) is 0.250. The zero-order valence-electron chi connectivity index (χ0n) is 8.03. The average molecular weight is 215 g/mol. The maximum atomic E-state index is 11.2. The van der Waals surface area contributed by atoms with E-state index in [9.17, 15) is 8.42 Å². The lowest BCUT2D eigenvalue weighted by molar-refractivity contribution is 0.597. The summed E-state index contributed by atoms with van der Waals surface area (Å²) in [6, 6.07) is 3.01. The molecule has 0 bridgehead atoms. The first kappa shape index (κ1) is 10.8. The van der Waals surface area contributed by atoms with Crippen molar-refractivity contribution in [2.75, 3.05) is 18.1 Å². The molecule has 0 spiro atoms. The van der Waals surface area contributed by atoms with Gasteiger partial charge in [0.2, 0.25) is 10.0 Å². The number of nitrogens with one attached hydrogen (secondary N) is 1. The van der Waals surface area contributed by atoms with E-state index in [1.807, 2.05) is 0 Å². The lowest BCUT2D eigenvalue weighted by atomic mass is 10.2. The van der Waals surface area contributed by atoms with Gasteiger partial charge in [0, 0.05) is 18.4 Å². The Morgan fingerprint density at radius 3 is 2.36 bits per heavy atom. The Bertz CT molecular complexity index is 454. The second kappa shape index (κ2) is 3.47.